The van der Waals surface area contributed by atoms with Crippen LogP contribution >= 0.6 is 0 Å². The Morgan fingerprint density at radius 1 is 1.27 bits per heavy atom. The van der Waals surface area contributed by atoms with Crippen molar-refractivity contribution >= 4 is 11.9 Å². The second-order valence-electron chi connectivity index (χ2n) is 7.37. The molecule has 7 heteroatoms. The number of carbonyl (C=O) groups excluding carboxylic acids is 1. The number of amides is 1. The highest BCUT2D eigenvalue weighted by molar-refractivity contribution is 5.82. The van der Waals surface area contributed by atoms with Crippen LogP contribution in [-0.2, 0) is 14.3 Å². The molecule has 0 aliphatic carbocycles. The average Bonchev–Trinajstić information content (AvgIpc) is 3.17. The third kappa shape index (κ3) is 6.76. The molecule has 0 spiro atoms. The predicted octanol–water partition coefficient (Wildman–Crippen LogP) is 1.34. The summed E-state index contributed by atoms with van der Waals surface area (Å²) in [6, 6.07) is 0. The third-order valence-corrected chi connectivity index (χ3v) is 4.59. The molecule has 7 nitrogen and oxygen atoms in total. The van der Waals surface area contributed by atoms with Gasteiger partial charge in [0.15, 0.2) is 5.96 Å². The first kappa shape index (κ1) is 21.0. The molecule has 0 aromatic carbocycles. The minimum atomic E-state index is -0.214. The summed E-state index contributed by atoms with van der Waals surface area (Å²) in [7, 11) is 0. The van der Waals surface area contributed by atoms with Gasteiger partial charge in [-0.1, -0.05) is 13.8 Å². The number of hydrogen-bond acceptors (Lipinski definition) is 4. The molecular weight excluding hydrogens is 332 g/mol. The van der Waals surface area contributed by atoms with E-state index in [0.29, 0.717) is 12.5 Å². The molecule has 2 aliphatic rings. The lowest BCUT2D eigenvalue weighted by Crippen LogP contribution is -2.55. The molecule has 2 fully saturated rings. The van der Waals surface area contributed by atoms with E-state index in [9.17, 15) is 4.79 Å². The molecule has 2 aliphatic heterocycles. The van der Waals surface area contributed by atoms with Crippen molar-refractivity contribution in [1.82, 2.24) is 15.1 Å². The number of hydrogen-bond donors (Lipinski definition) is 1. The van der Waals surface area contributed by atoms with Crippen LogP contribution in [0.1, 0.15) is 40.0 Å². The maximum atomic E-state index is 12.4. The SMILES string of the molecule is CCNC(=NCCCOCC(C)C)N1CCN(C(=O)C2CCCO2)CC1. The molecule has 0 aromatic rings. The number of nitrogens with one attached hydrogen (secondary N) is 1. The van der Waals surface area contributed by atoms with Gasteiger partial charge in [-0.25, -0.2) is 0 Å². The van der Waals surface area contributed by atoms with Gasteiger partial charge in [0.1, 0.15) is 6.10 Å². The van der Waals surface area contributed by atoms with Crippen molar-refractivity contribution in [2.24, 2.45) is 10.9 Å². The Hall–Kier alpha value is -1.34. The van der Waals surface area contributed by atoms with Gasteiger partial charge >= 0.3 is 0 Å². The molecule has 0 aromatic heterocycles. The number of rotatable bonds is 8. The molecule has 2 heterocycles. The quantitative estimate of drug-likeness (QED) is 0.398. The molecule has 1 amide bonds. The summed E-state index contributed by atoms with van der Waals surface area (Å²) < 4.78 is 11.1. The van der Waals surface area contributed by atoms with Gasteiger partial charge < -0.3 is 24.6 Å². The van der Waals surface area contributed by atoms with Gasteiger partial charge in [0.25, 0.3) is 5.91 Å². The number of carbonyl (C=O) groups is 1. The molecule has 1 N–H and O–H groups in total. The van der Waals surface area contributed by atoms with Crippen molar-refractivity contribution < 1.29 is 14.3 Å². The van der Waals surface area contributed by atoms with Crippen molar-refractivity contribution in [3.63, 3.8) is 0 Å². The summed E-state index contributed by atoms with van der Waals surface area (Å²) in [4.78, 5) is 21.4. The number of piperazine rings is 1. The standard InChI is InChI=1S/C19H36N4O3/c1-4-20-19(21-8-6-13-25-15-16(2)3)23-11-9-22(10-12-23)18(24)17-7-5-14-26-17/h16-17H,4-15H2,1-3H3,(H,20,21). The van der Waals surface area contributed by atoms with E-state index in [4.69, 9.17) is 14.5 Å². The van der Waals surface area contributed by atoms with Crippen LogP contribution in [0, 0.1) is 5.92 Å². The second-order valence-corrected chi connectivity index (χ2v) is 7.37. The van der Waals surface area contributed by atoms with E-state index in [1.807, 2.05) is 4.90 Å². The van der Waals surface area contributed by atoms with E-state index in [1.165, 1.54) is 0 Å². The van der Waals surface area contributed by atoms with Gasteiger partial charge in [-0.3, -0.25) is 9.79 Å². The first-order valence-electron chi connectivity index (χ1n) is 10.1. The zero-order valence-electron chi connectivity index (χ0n) is 16.7. The first-order chi connectivity index (χ1) is 12.6. The van der Waals surface area contributed by atoms with E-state index >= 15 is 0 Å². The fraction of sp³-hybridized carbons (Fsp3) is 0.895. The van der Waals surface area contributed by atoms with Crippen molar-refractivity contribution in [2.75, 3.05) is 59.1 Å². The Morgan fingerprint density at radius 2 is 2.00 bits per heavy atom. The Labute approximate surface area is 158 Å². The minimum absolute atomic E-state index is 0.159. The molecule has 150 valence electrons. The molecule has 1 atom stereocenters. The van der Waals surface area contributed by atoms with E-state index in [-0.39, 0.29) is 12.0 Å². The van der Waals surface area contributed by atoms with Crippen LogP contribution in [0.15, 0.2) is 4.99 Å². The minimum Gasteiger partial charge on any atom is -0.381 e. The van der Waals surface area contributed by atoms with Crippen LogP contribution in [-0.4, -0.2) is 86.9 Å². The van der Waals surface area contributed by atoms with Crippen LogP contribution in [0.4, 0.5) is 0 Å². The van der Waals surface area contributed by atoms with Gasteiger partial charge in [-0.05, 0) is 32.1 Å². The van der Waals surface area contributed by atoms with Crippen LogP contribution < -0.4 is 5.32 Å². The largest absolute Gasteiger partial charge is 0.381 e. The molecular formula is C19H36N4O3. The highest BCUT2D eigenvalue weighted by Crippen LogP contribution is 2.16. The maximum Gasteiger partial charge on any atom is 0.251 e. The summed E-state index contributed by atoms with van der Waals surface area (Å²) in [5.41, 5.74) is 0. The Morgan fingerprint density at radius 3 is 2.62 bits per heavy atom. The molecule has 2 rings (SSSR count). The van der Waals surface area contributed by atoms with Crippen molar-refractivity contribution in [3.8, 4) is 0 Å². The van der Waals surface area contributed by atoms with Crippen molar-refractivity contribution in [1.29, 1.82) is 0 Å². The van der Waals surface area contributed by atoms with E-state index in [0.717, 1.165) is 77.7 Å². The third-order valence-electron chi connectivity index (χ3n) is 4.59. The van der Waals surface area contributed by atoms with Gasteiger partial charge in [0.2, 0.25) is 0 Å². The topological polar surface area (TPSA) is 66.4 Å². The molecule has 2 saturated heterocycles. The zero-order chi connectivity index (χ0) is 18.8. The predicted molar refractivity (Wildman–Crippen MR) is 103 cm³/mol. The van der Waals surface area contributed by atoms with Gasteiger partial charge in [-0.15, -0.1) is 0 Å². The summed E-state index contributed by atoms with van der Waals surface area (Å²) >= 11 is 0. The van der Waals surface area contributed by atoms with Crippen molar-refractivity contribution in [2.45, 2.75) is 46.1 Å². The van der Waals surface area contributed by atoms with Crippen molar-refractivity contribution in [3.05, 3.63) is 0 Å². The van der Waals surface area contributed by atoms with Crippen LogP contribution in [0.25, 0.3) is 0 Å². The Bertz CT molecular complexity index is 442. The van der Waals surface area contributed by atoms with Crippen LogP contribution in [0.5, 0.6) is 0 Å². The number of guanidine groups is 1. The normalized spacial score (nSPS) is 21.5. The smallest absolute Gasteiger partial charge is 0.251 e. The molecule has 0 radical (unpaired) electrons. The molecule has 26 heavy (non-hydrogen) atoms. The zero-order valence-corrected chi connectivity index (χ0v) is 16.7. The molecule has 0 bridgehead atoms. The number of ether oxygens (including phenoxy) is 2. The van der Waals surface area contributed by atoms with Gasteiger partial charge in [-0.2, -0.15) is 0 Å². The lowest BCUT2D eigenvalue weighted by molar-refractivity contribution is -0.142. The highest BCUT2D eigenvalue weighted by atomic mass is 16.5. The lowest BCUT2D eigenvalue weighted by Gasteiger charge is -2.37. The number of nitrogens with zero attached hydrogens (tertiary/aromatic N) is 3. The van der Waals surface area contributed by atoms with Crippen LogP contribution in [0.2, 0.25) is 0 Å². The Kier molecular flexibility index (Phi) is 9.18. The summed E-state index contributed by atoms with van der Waals surface area (Å²) in [6.07, 6.45) is 2.57. The van der Waals surface area contributed by atoms with Gasteiger partial charge in [0.05, 0.1) is 0 Å². The van der Waals surface area contributed by atoms with E-state index < -0.39 is 0 Å². The van der Waals surface area contributed by atoms with Gasteiger partial charge in [0, 0.05) is 59.1 Å². The molecule has 1 unspecified atom stereocenters. The first-order valence-corrected chi connectivity index (χ1v) is 10.1. The lowest BCUT2D eigenvalue weighted by atomic mass is 10.2. The fourth-order valence-corrected chi connectivity index (χ4v) is 3.21. The summed E-state index contributed by atoms with van der Waals surface area (Å²) in [6.45, 7) is 13.4. The maximum absolute atomic E-state index is 12.4. The second kappa shape index (κ2) is 11.4. The monoisotopic (exact) mass is 368 g/mol. The Balaban J connectivity index is 1.74. The number of aliphatic imine (C=N–C) groups is 1. The summed E-state index contributed by atoms with van der Waals surface area (Å²) in [5, 5.41) is 3.37. The molecule has 0 saturated carbocycles. The van der Waals surface area contributed by atoms with E-state index in [1.54, 1.807) is 0 Å². The van der Waals surface area contributed by atoms with Crippen LogP contribution in [0.3, 0.4) is 0 Å². The highest BCUT2D eigenvalue weighted by Gasteiger charge is 2.30. The van der Waals surface area contributed by atoms with E-state index in [2.05, 4.69) is 31.0 Å². The average molecular weight is 369 g/mol. The fourth-order valence-electron chi connectivity index (χ4n) is 3.21. The summed E-state index contributed by atoms with van der Waals surface area (Å²) in [5.74, 6) is 1.68.